The van der Waals surface area contributed by atoms with E-state index in [-0.39, 0.29) is 5.41 Å². The van der Waals surface area contributed by atoms with Crippen molar-refractivity contribution in [3.05, 3.63) is 217 Å². The highest BCUT2D eigenvalue weighted by atomic mass is 16.3. The number of aromatic nitrogens is 1. The number of anilines is 3. The molecule has 60 heavy (non-hydrogen) atoms. The maximum absolute atomic E-state index is 6.62. The van der Waals surface area contributed by atoms with Gasteiger partial charge in [0.05, 0.1) is 16.7 Å². The summed E-state index contributed by atoms with van der Waals surface area (Å²) in [7, 11) is 0. The Hall–Kier alpha value is -7.62. The highest BCUT2D eigenvalue weighted by molar-refractivity contribution is 6.13. The van der Waals surface area contributed by atoms with Crippen LogP contribution in [0.25, 0.3) is 82.8 Å². The third kappa shape index (κ3) is 5.22. The van der Waals surface area contributed by atoms with Gasteiger partial charge in [-0.2, -0.15) is 0 Å². The van der Waals surface area contributed by atoms with E-state index in [1.807, 2.05) is 12.1 Å². The molecule has 0 saturated carbocycles. The fourth-order valence-corrected chi connectivity index (χ4v) is 9.82. The van der Waals surface area contributed by atoms with E-state index < -0.39 is 0 Å². The summed E-state index contributed by atoms with van der Waals surface area (Å²) in [5.74, 6) is 0. The summed E-state index contributed by atoms with van der Waals surface area (Å²) >= 11 is 0. The van der Waals surface area contributed by atoms with E-state index >= 15 is 0 Å². The van der Waals surface area contributed by atoms with Crippen molar-refractivity contribution in [2.24, 2.45) is 0 Å². The summed E-state index contributed by atoms with van der Waals surface area (Å²) in [6.45, 7) is 4.72. The zero-order valence-corrected chi connectivity index (χ0v) is 33.4. The molecule has 2 heterocycles. The van der Waals surface area contributed by atoms with Gasteiger partial charge in [-0.05, 0) is 117 Å². The largest absolute Gasteiger partial charge is 0.454 e. The molecule has 0 radical (unpaired) electrons. The average molecular weight is 769 g/mol. The number of rotatable bonds is 6. The maximum atomic E-state index is 6.62. The number of hydrogen-bond donors (Lipinski definition) is 0. The van der Waals surface area contributed by atoms with Crippen molar-refractivity contribution in [1.82, 2.24) is 4.57 Å². The standard InChI is InChI=1S/C57H40N2O/c1-57(2)50-21-11-9-18-44(50)47-35-49-48-34-40(28-33-52(48)59(54(49)36-51(47)57)41-16-7-4-8-17-41)39-26-31-43(32-27-39)58(42-29-24-38(25-30-42)37-14-5-3-6-15-37)53-22-13-20-46-45-19-10-12-23-55(45)60-56(46)53/h3-36H,1-2H3. The zero-order chi connectivity index (χ0) is 40.0. The minimum absolute atomic E-state index is 0.0846. The Kier molecular flexibility index (Phi) is 7.58. The van der Waals surface area contributed by atoms with Crippen LogP contribution < -0.4 is 4.90 Å². The van der Waals surface area contributed by atoms with Crippen molar-refractivity contribution < 1.29 is 4.42 Å². The van der Waals surface area contributed by atoms with Crippen LogP contribution >= 0.6 is 0 Å². The van der Waals surface area contributed by atoms with Gasteiger partial charge in [0.25, 0.3) is 0 Å². The first-order chi connectivity index (χ1) is 29.5. The van der Waals surface area contributed by atoms with E-state index in [0.29, 0.717) is 0 Å². The van der Waals surface area contributed by atoms with Crippen LogP contribution in [-0.2, 0) is 5.41 Å². The molecule has 284 valence electrons. The second-order valence-corrected chi connectivity index (χ2v) is 16.5. The summed E-state index contributed by atoms with van der Waals surface area (Å²) in [5.41, 5.74) is 18.5. The summed E-state index contributed by atoms with van der Waals surface area (Å²) in [4.78, 5) is 2.32. The molecule has 0 atom stereocenters. The van der Waals surface area contributed by atoms with Crippen LogP contribution in [0.5, 0.6) is 0 Å². The predicted octanol–water partition coefficient (Wildman–Crippen LogP) is 15.8. The third-order valence-electron chi connectivity index (χ3n) is 12.8. The van der Waals surface area contributed by atoms with Gasteiger partial charge in [0.2, 0.25) is 0 Å². The second kappa shape index (κ2) is 13.2. The SMILES string of the molecule is CC1(C)c2ccccc2-c2cc3c4cc(-c5ccc(N(c6ccc(-c7ccccc7)cc6)c6cccc7c6oc6ccccc67)cc5)ccc4n(-c4ccccc4)c3cc21. The van der Waals surface area contributed by atoms with Gasteiger partial charge in [-0.3, -0.25) is 0 Å². The van der Waals surface area contributed by atoms with Crippen LogP contribution in [0.4, 0.5) is 17.1 Å². The summed E-state index contributed by atoms with van der Waals surface area (Å²) in [5, 5.41) is 4.73. The lowest BCUT2D eigenvalue weighted by molar-refractivity contribution is 0.661. The Balaban J connectivity index is 1.00. The number of hydrogen-bond acceptors (Lipinski definition) is 2. The van der Waals surface area contributed by atoms with Crippen molar-refractivity contribution in [2.45, 2.75) is 19.3 Å². The van der Waals surface area contributed by atoms with Crippen LogP contribution in [0.1, 0.15) is 25.0 Å². The van der Waals surface area contributed by atoms with Crippen LogP contribution in [0.15, 0.2) is 211 Å². The molecule has 0 bridgehead atoms. The number of fused-ring (bicyclic) bond motifs is 9. The molecule has 0 aliphatic heterocycles. The molecule has 0 N–H and O–H groups in total. The third-order valence-corrected chi connectivity index (χ3v) is 12.8. The lowest BCUT2D eigenvalue weighted by Crippen LogP contribution is -2.14. The Bertz CT molecular complexity index is 3430. The molecule has 11 aromatic rings. The Morgan fingerprint density at radius 3 is 1.78 bits per heavy atom. The lowest BCUT2D eigenvalue weighted by Gasteiger charge is -2.26. The first-order valence-electron chi connectivity index (χ1n) is 20.8. The number of furan rings is 1. The molecule has 1 aliphatic carbocycles. The fraction of sp³-hybridized carbons (Fsp3) is 0.0526. The molecule has 0 saturated heterocycles. The van der Waals surface area contributed by atoms with Crippen molar-refractivity contribution in [1.29, 1.82) is 0 Å². The zero-order valence-electron chi connectivity index (χ0n) is 33.4. The van der Waals surface area contributed by atoms with E-state index in [1.165, 1.54) is 66.4 Å². The molecule has 0 unspecified atom stereocenters. The van der Waals surface area contributed by atoms with Gasteiger partial charge in [-0.15, -0.1) is 0 Å². The van der Waals surface area contributed by atoms with Gasteiger partial charge in [0, 0.05) is 44.0 Å². The Morgan fingerprint density at radius 2 is 1.02 bits per heavy atom. The van der Waals surface area contributed by atoms with E-state index in [0.717, 1.165) is 44.6 Å². The smallest absolute Gasteiger partial charge is 0.159 e. The van der Waals surface area contributed by atoms with Gasteiger partial charge in [0.15, 0.2) is 5.58 Å². The normalized spacial score (nSPS) is 13.0. The van der Waals surface area contributed by atoms with Crippen LogP contribution in [0.3, 0.4) is 0 Å². The van der Waals surface area contributed by atoms with Crippen molar-refractivity contribution in [3.63, 3.8) is 0 Å². The molecule has 12 rings (SSSR count). The molecule has 9 aromatic carbocycles. The fourth-order valence-electron chi connectivity index (χ4n) is 9.82. The predicted molar refractivity (Wildman–Crippen MR) is 251 cm³/mol. The first-order valence-corrected chi connectivity index (χ1v) is 20.8. The summed E-state index contributed by atoms with van der Waals surface area (Å²) in [6.07, 6.45) is 0. The minimum atomic E-state index is -0.0846. The number of para-hydroxylation sites is 3. The van der Waals surface area contributed by atoms with Crippen molar-refractivity contribution >= 4 is 60.8 Å². The molecule has 3 nitrogen and oxygen atoms in total. The van der Waals surface area contributed by atoms with Gasteiger partial charge in [0.1, 0.15) is 5.58 Å². The molecular weight excluding hydrogens is 729 g/mol. The monoisotopic (exact) mass is 768 g/mol. The van der Waals surface area contributed by atoms with E-state index in [9.17, 15) is 0 Å². The van der Waals surface area contributed by atoms with Gasteiger partial charge < -0.3 is 13.9 Å². The van der Waals surface area contributed by atoms with Crippen molar-refractivity contribution in [2.75, 3.05) is 4.90 Å². The van der Waals surface area contributed by atoms with Gasteiger partial charge in [-0.25, -0.2) is 0 Å². The Morgan fingerprint density at radius 1 is 0.417 bits per heavy atom. The molecule has 0 spiro atoms. The second-order valence-electron chi connectivity index (χ2n) is 16.5. The maximum Gasteiger partial charge on any atom is 0.159 e. The Labute approximate surface area is 349 Å². The molecular formula is C57H40N2O. The number of benzene rings is 9. The van der Waals surface area contributed by atoms with E-state index in [2.05, 4.69) is 217 Å². The van der Waals surface area contributed by atoms with Crippen LogP contribution in [0.2, 0.25) is 0 Å². The van der Waals surface area contributed by atoms with Crippen molar-refractivity contribution in [3.8, 4) is 39.1 Å². The topological polar surface area (TPSA) is 21.3 Å². The quantitative estimate of drug-likeness (QED) is 0.168. The van der Waals surface area contributed by atoms with Gasteiger partial charge >= 0.3 is 0 Å². The van der Waals surface area contributed by atoms with Gasteiger partial charge in [-0.1, -0.05) is 147 Å². The molecule has 3 heteroatoms. The lowest BCUT2D eigenvalue weighted by atomic mass is 9.82. The summed E-state index contributed by atoms with van der Waals surface area (Å²) in [6, 6.07) is 74.7. The number of nitrogens with zero attached hydrogens (tertiary/aromatic N) is 2. The first kappa shape index (κ1) is 34.4. The highest BCUT2D eigenvalue weighted by Gasteiger charge is 2.36. The summed E-state index contributed by atoms with van der Waals surface area (Å²) < 4.78 is 9.06. The molecule has 0 fully saturated rings. The van der Waals surface area contributed by atoms with E-state index in [1.54, 1.807) is 0 Å². The molecule has 1 aliphatic rings. The van der Waals surface area contributed by atoms with E-state index in [4.69, 9.17) is 4.42 Å². The van der Waals surface area contributed by atoms with Crippen LogP contribution in [0, 0.1) is 0 Å². The highest BCUT2D eigenvalue weighted by Crippen LogP contribution is 2.51. The van der Waals surface area contributed by atoms with Crippen LogP contribution in [-0.4, -0.2) is 4.57 Å². The minimum Gasteiger partial charge on any atom is -0.454 e. The molecule has 0 amide bonds. The molecule has 2 aromatic heterocycles. The average Bonchev–Trinajstić information content (AvgIpc) is 3.92.